The molecule has 0 aliphatic heterocycles. The van der Waals surface area contributed by atoms with Gasteiger partial charge in [-0.1, -0.05) is 31.0 Å². The molecule has 0 radical (unpaired) electrons. The Balaban J connectivity index is 1.97. The Morgan fingerprint density at radius 2 is 2.30 bits per heavy atom. The Morgan fingerprint density at radius 1 is 1.45 bits per heavy atom. The molecule has 110 valence electrons. The first kappa shape index (κ1) is 14.8. The maximum absolute atomic E-state index is 8.80. The average Bonchev–Trinajstić information content (AvgIpc) is 2.69. The molecule has 20 heavy (non-hydrogen) atoms. The Bertz CT molecular complexity index is 461. The lowest BCUT2D eigenvalue weighted by atomic mass is 10.0. The molecule has 1 aliphatic rings. The van der Waals surface area contributed by atoms with Crippen LogP contribution in [0, 0.1) is 5.92 Å². The number of nitrogens with one attached hydrogen (secondary N) is 1. The summed E-state index contributed by atoms with van der Waals surface area (Å²) in [5.74, 6) is 0.907. The molecule has 2 unspecified atom stereocenters. The SMILES string of the molecule is CC1CCCC(NCc2cccnc2/C(N)=N/O)CC1. The van der Waals surface area contributed by atoms with Crippen LogP contribution in [0.25, 0.3) is 0 Å². The predicted octanol–water partition coefficient (Wildman–Crippen LogP) is 2.23. The van der Waals surface area contributed by atoms with E-state index in [4.69, 9.17) is 10.9 Å². The van der Waals surface area contributed by atoms with Crippen LogP contribution in [0.15, 0.2) is 23.5 Å². The van der Waals surface area contributed by atoms with Gasteiger partial charge in [0.1, 0.15) is 5.69 Å². The summed E-state index contributed by atoms with van der Waals surface area (Å²) in [7, 11) is 0. The molecular weight excluding hydrogens is 252 g/mol. The van der Waals surface area contributed by atoms with Crippen molar-refractivity contribution in [3.8, 4) is 0 Å². The van der Waals surface area contributed by atoms with Gasteiger partial charge in [-0.05, 0) is 36.8 Å². The van der Waals surface area contributed by atoms with Crippen LogP contribution in [-0.2, 0) is 6.54 Å². The topological polar surface area (TPSA) is 83.5 Å². The first-order valence-corrected chi connectivity index (χ1v) is 7.36. The van der Waals surface area contributed by atoms with Crippen molar-refractivity contribution in [2.24, 2.45) is 16.8 Å². The van der Waals surface area contributed by atoms with Crippen molar-refractivity contribution >= 4 is 5.84 Å². The molecule has 1 heterocycles. The predicted molar refractivity (Wildman–Crippen MR) is 79.6 cm³/mol. The fourth-order valence-electron chi connectivity index (χ4n) is 2.80. The summed E-state index contributed by atoms with van der Waals surface area (Å²) in [6.45, 7) is 3.04. The maximum atomic E-state index is 8.80. The third kappa shape index (κ3) is 3.93. The monoisotopic (exact) mass is 276 g/mol. The standard InChI is InChI=1S/C15H24N4O/c1-11-4-2-6-13(8-7-11)18-10-12-5-3-9-17-14(12)15(16)19-20/h3,5,9,11,13,18,20H,2,4,6-8,10H2,1H3,(H2,16,19). The summed E-state index contributed by atoms with van der Waals surface area (Å²) in [5, 5.41) is 15.4. The summed E-state index contributed by atoms with van der Waals surface area (Å²) in [6, 6.07) is 4.40. The van der Waals surface area contributed by atoms with E-state index in [9.17, 15) is 0 Å². The smallest absolute Gasteiger partial charge is 0.189 e. The number of amidine groups is 1. The minimum atomic E-state index is 0.0666. The van der Waals surface area contributed by atoms with Gasteiger partial charge in [0.2, 0.25) is 0 Å². The van der Waals surface area contributed by atoms with E-state index in [1.165, 1.54) is 32.1 Å². The van der Waals surface area contributed by atoms with Crippen LogP contribution in [0.4, 0.5) is 0 Å². The van der Waals surface area contributed by atoms with Gasteiger partial charge < -0.3 is 16.3 Å². The minimum Gasteiger partial charge on any atom is -0.409 e. The van der Waals surface area contributed by atoms with E-state index < -0.39 is 0 Å². The van der Waals surface area contributed by atoms with Crippen molar-refractivity contribution < 1.29 is 5.21 Å². The highest BCUT2D eigenvalue weighted by Crippen LogP contribution is 2.22. The summed E-state index contributed by atoms with van der Waals surface area (Å²) in [6.07, 6.45) is 8.02. The van der Waals surface area contributed by atoms with Crippen molar-refractivity contribution in [2.45, 2.75) is 51.6 Å². The molecule has 1 aromatic heterocycles. The fraction of sp³-hybridized carbons (Fsp3) is 0.600. The van der Waals surface area contributed by atoms with Gasteiger partial charge >= 0.3 is 0 Å². The van der Waals surface area contributed by atoms with Crippen molar-refractivity contribution in [2.75, 3.05) is 0 Å². The maximum Gasteiger partial charge on any atom is 0.189 e. The van der Waals surface area contributed by atoms with E-state index in [2.05, 4.69) is 22.4 Å². The molecule has 0 aromatic carbocycles. The van der Waals surface area contributed by atoms with Crippen LogP contribution in [0.3, 0.4) is 0 Å². The van der Waals surface area contributed by atoms with Gasteiger partial charge in [-0.25, -0.2) is 0 Å². The number of hydrogen-bond acceptors (Lipinski definition) is 4. The molecule has 5 heteroatoms. The van der Waals surface area contributed by atoms with E-state index in [-0.39, 0.29) is 5.84 Å². The highest BCUT2D eigenvalue weighted by atomic mass is 16.4. The minimum absolute atomic E-state index is 0.0666. The van der Waals surface area contributed by atoms with E-state index in [0.717, 1.165) is 11.5 Å². The van der Waals surface area contributed by atoms with Gasteiger partial charge in [-0.2, -0.15) is 0 Å². The third-order valence-corrected chi connectivity index (χ3v) is 4.08. The van der Waals surface area contributed by atoms with Crippen LogP contribution in [0.5, 0.6) is 0 Å². The zero-order chi connectivity index (χ0) is 14.4. The molecule has 0 spiro atoms. The molecule has 2 rings (SSSR count). The Labute approximate surface area is 120 Å². The second kappa shape index (κ2) is 7.24. The molecule has 2 atom stereocenters. The van der Waals surface area contributed by atoms with Crippen LogP contribution in [0.2, 0.25) is 0 Å². The Kier molecular flexibility index (Phi) is 5.35. The number of aromatic nitrogens is 1. The number of rotatable bonds is 4. The quantitative estimate of drug-likeness (QED) is 0.259. The van der Waals surface area contributed by atoms with Crippen LogP contribution >= 0.6 is 0 Å². The van der Waals surface area contributed by atoms with Gasteiger partial charge in [0, 0.05) is 18.8 Å². The van der Waals surface area contributed by atoms with Gasteiger partial charge in [0.25, 0.3) is 0 Å². The third-order valence-electron chi connectivity index (χ3n) is 4.08. The lowest BCUT2D eigenvalue weighted by Crippen LogP contribution is -2.29. The molecular formula is C15H24N4O. The molecule has 5 nitrogen and oxygen atoms in total. The second-order valence-corrected chi connectivity index (χ2v) is 5.69. The first-order valence-electron chi connectivity index (χ1n) is 7.36. The van der Waals surface area contributed by atoms with Crippen molar-refractivity contribution in [1.29, 1.82) is 0 Å². The van der Waals surface area contributed by atoms with E-state index in [1.54, 1.807) is 6.20 Å². The van der Waals surface area contributed by atoms with Crippen LogP contribution in [-0.4, -0.2) is 22.1 Å². The molecule has 0 saturated heterocycles. The van der Waals surface area contributed by atoms with Crippen LogP contribution in [0.1, 0.15) is 50.3 Å². The van der Waals surface area contributed by atoms with Crippen molar-refractivity contribution in [1.82, 2.24) is 10.3 Å². The largest absolute Gasteiger partial charge is 0.409 e. The summed E-state index contributed by atoms with van der Waals surface area (Å²) < 4.78 is 0. The van der Waals surface area contributed by atoms with Crippen molar-refractivity contribution in [3.63, 3.8) is 0 Å². The number of oxime groups is 1. The lowest BCUT2D eigenvalue weighted by molar-refractivity contribution is 0.318. The van der Waals surface area contributed by atoms with E-state index in [0.29, 0.717) is 18.3 Å². The number of hydrogen-bond donors (Lipinski definition) is 3. The van der Waals surface area contributed by atoms with Gasteiger partial charge in [-0.3, -0.25) is 4.98 Å². The Hall–Kier alpha value is -1.62. The molecule has 1 saturated carbocycles. The van der Waals surface area contributed by atoms with E-state index in [1.807, 2.05) is 12.1 Å². The summed E-state index contributed by atoms with van der Waals surface area (Å²) in [4.78, 5) is 4.19. The average molecular weight is 276 g/mol. The summed E-state index contributed by atoms with van der Waals surface area (Å²) >= 11 is 0. The lowest BCUT2D eigenvalue weighted by Gasteiger charge is -2.17. The molecule has 1 fully saturated rings. The Morgan fingerprint density at radius 3 is 3.10 bits per heavy atom. The van der Waals surface area contributed by atoms with Gasteiger partial charge in [-0.15, -0.1) is 0 Å². The highest BCUT2D eigenvalue weighted by Gasteiger charge is 2.16. The first-order chi connectivity index (χ1) is 9.70. The van der Waals surface area contributed by atoms with Crippen LogP contribution < -0.4 is 11.1 Å². The van der Waals surface area contributed by atoms with Crippen molar-refractivity contribution in [3.05, 3.63) is 29.6 Å². The molecule has 0 amide bonds. The zero-order valence-corrected chi connectivity index (χ0v) is 12.0. The normalized spacial score (nSPS) is 24.4. The second-order valence-electron chi connectivity index (χ2n) is 5.69. The molecule has 1 aromatic rings. The van der Waals surface area contributed by atoms with E-state index >= 15 is 0 Å². The summed E-state index contributed by atoms with van der Waals surface area (Å²) in [5.41, 5.74) is 7.19. The van der Waals surface area contributed by atoms with Gasteiger partial charge in [0.15, 0.2) is 5.84 Å². The number of pyridine rings is 1. The fourth-order valence-corrected chi connectivity index (χ4v) is 2.80. The molecule has 4 N–H and O–H groups in total. The molecule has 1 aliphatic carbocycles. The zero-order valence-electron chi connectivity index (χ0n) is 12.0. The molecule has 0 bridgehead atoms. The number of nitrogens with two attached hydrogens (primary N) is 1. The van der Waals surface area contributed by atoms with Gasteiger partial charge in [0.05, 0.1) is 0 Å². The number of nitrogens with zero attached hydrogens (tertiary/aromatic N) is 2. The highest BCUT2D eigenvalue weighted by molar-refractivity contribution is 5.96.